The Hall–Kier alpha value is -0.0700. The zero-order valence-electron chi connectivity index (χ0n) is 15.8. The maximum atomic E-state index is 12.4. The first-order chi connectivity index (χ1) is 11.1. The molecule has 25 heavy (non-hydrogen) atoms. The van der Waals surface area contributed by atoms with Crippen LogP contribution in [-0.2, 0) is 4.79 Å². The van der Waals surface area contributed by atoms with Crippen molar-refractivity contribution in [1.29, 1.82) is 0 Å². The highest BCUT2D eigenvalue weighted by Gasteiger charge is 2.28. The van der Waals surface area contributed by atoms with Gasteiger partial charge in [0.05, 0.1) is 0 Å². The molecule has 148 valence electrons. The highest BCUT2D eigenvalue weighted by atomic mass is 35.5. The Morgan fingerprint density at radius 1 is 0.960 bits per heavy atom. The van der Waals surface area contributed by atoms with Gasteiger partial charge in [0.15, 0.2) is 0 Å². The maximum Gasteiger partial charge on any atom is 0.224 e. The molecule has 5 nitrogen and oxygen atoms in total. The molecule has 1 N–H and O–H groups in total. The Balaban J connectivity index is 0.00000156. The van der Waals surface area contributed by atoms with Crippen LogP contribution in [0.3, 0.4) is 0 Å². The lowest BCUT2D eigenvalue weighted by Gasteiger charge is -2.37. The summed E-state index contributed by atoms with van der Waals surface area (Å²) >= 11 is 0. The number of likely N-dealkylation sites (tertiary alicyclic amines) is 1. The molecule has 3 aliphatic heterocycles. The maximum absolute atomic E-state index is 12.4. The predicted octanol–water partition coefficient (Wildman–Crippen LogP) is 1.99. The second-order valence-corrected chi connectivity index (χ2v) is 7.73. The van der Waals surface area contributed by atoms with Crippen molar-refractivity contribution in [2.75, 3.05) is 45.8 Å². The van der Waals surface area contributed by atoms with Gasteiger partial charge in [-0.1, -0.05) is 0 Å². The van der Waals surface area contributed by atoms with Gasteiger partial charge >= 0.3 is 0 Å². The molecule has 0 spiro atoms. The van der Waals surface area contributed by atoms with E-state index in [1.165, 1.54) is 25.8 Å². The molecule has 3 atom stereocenters. The minimum atomic E-state index is 0. The van der Waals surface area contributed by atoms with Gasteiger partial charge in [0.1, 0.15) is 0 Å². The van der Waals surface area contributed by atoms with E-state index in [1.807, 2.05) is 0 Å². The van der Waals surface area contributed by atoms with Gasteiger partial charge in [0, 0.05) is 63.8 Å². The van der Waals surface area contributed by atoms with Crippen LogP contribution < -0.4 is 5.32 Å². The smallest absolute Gasteiger partial charge is 0.224 e. The van der Waals surface area contributed by atoms with E-state index in [2.05, 4.69) is 33.9 Å². The summed E-state index contributed by atoms with van der Waals surface area (Å²) in [6.07, 6.45) is 5.77. The highest BCUT2D eigenvalue weighted by molar-refractivity contribution is 5.85. The standard InChI is InChI=1S/C18H34N4O.2ClH/c1-15-5-6-16(2)22(15)13-10-20-8-11-21(12-9-20)18(23)14-17-4-3-7-19-17;;/h15-17,19H,3-14H2,1-2H3;2*1H. The topological polar surface area (TPSA) is 38.8 Å². The summed E-state index contributed by atoms with van der Waals surface area (Å²) in [5.74, 6) is 0.353. The number of nitrogens with zero attached hydrogens (tertiary/aromatic N) is 3. The highest BCUT2D eigenvalue weighted by Crippen LogP contribution is 2.23. The molecule has 0 aromatic rings. The molecular weight excluding hydrogens is 359 g/mol. The molecule has 0 aromatic carbocycles. The van der Waals surface area contributed by atoms with Gasteiger partial charge in [-0.25, -0.2) is 0 Å². The van der Waals surface area contributed by atoms with Crippen LogP contribution in [0.4, 0.5) is 0 Å². The SMILES string of the molecule is CC1CCC(C)N1CCN1CCN(C(=O)CC2CCCN2)CC1.Cl.Cl. The van der Waals surface area contributed by atoms with E-state index >= 15 is 0 Å². The molecule has 3 aliphatic rings. The third kappa shape index (κ3) is 6.24. The summed E-state index contributed by atoms with van der Waals surface area (Å²) in [4.78, 5) is 19.6. The van der Waals surface area contributed by atoms with E-state index in [4.69, 9.17) is 0 Å². The minimum Gasteiger partial charge on any atom is -0.340 e. The largest absolute Gasteiger partial charge is 0.340 e. The molecule has 3 rings (SSSR count). The van der Waals surface area contributed by atoms with E-state index in [9.17, 15) is 4.79 Å². The summed E-state index contributed by atoms with van der Waals surface area (Å²) < 4.78 is 0. The molecule has 0 radical (unpaired) electrons. The third-order valence-electron chi connectivity index (χ3n) is 6.12. The number of hydrogen-bond acceptors (Lipinski definition) is 4. The second-order valence-electron chi connectivity index (χ2n) is 7.73. The summed E-state index contributed by atoms with van der Waals surface area (Å²) in [5, 5.41) is 3.43. The number of carbonyl (C=O) groups excluding carboxylic acids is 1. The Morgan fingerprint density at radius 3 is 2.16 bits per heavy atom. The van der Waals surface area contributed by atoms with Gasteiger partial charge < -0.3 is 10.2 Å². The second kappa shape index (κ2) is 10.9. The van der Waals surface area contributed by atoms with Crippen LogP contribution in [0.2, 0.25) is 0 Å². The molecule has 0 aromatic heterocycles. The van der Waals surface area contributed by atoms with Crippen LogP contribution >= 0.6 is 24.8 Å². The third-order valence-corrected chi connectivity index (χ3v) is 6.12. The summed E-state index contributed by atoms with van der Waals surface area (Å²) in [5.41, 5.74) is 0. The van der Waals surface area contributed by atoms with Gasteiger partial charge in [0.25, 0.3) is 0 Å². The van der Waals surface area contributed by atoms with Gasteiger partial charge in [-0.3, -0.25) is 14.6 Å². The Kier molecular flexibility index (Phi) is 10.0. The first-order valence-corrected chi connectivity index (χ1v) is 9.62. The fourth-order valence-electron chi connectivity index (χ4n) is 4.44. The van der Waals surface area contributed by atoms with Crippen molar-refractivity contribution in [3.8, 4) is 0 Å². The van der Waals surface area contributed by atoms with Crippen molar-refractivity contribution in [1.82, 2.24) is 20.0 Å². The average Bonchev–Trinajstić information content (AvgIpc) is 3.17. The van der Waals surface area contributed by atoms with Crippen molar-refractivity contribution in [3.05, 3.63) is 0 Å². The van der Waals surface area contributed by atoms with Gasteiger partial charge in [-0.05, 0) is 46.1 Å². The Morgan fingerprint density at radius 2 is 1.60 bits per heavy atom. The van der Waals surface area contributed by atoms with Gasteiger partial charge in [-0.2, -0.15) is 0 Å². The zero-order valence-corrected chi connectivity index (χ0v) is 17.4. The summed E-state index contributed by atoms with van der Waals surface area (Å²) in [6, 6.07) is 1.91. The molecule has 7 heteroatoms. The van der Waals surface area contributed by atoms with Crippen molar-refractivity contribution in [2.45, 2.75) is 64.1 Å². The van der Waals surface area contributed by atoms with Crippen LogP contribution in [-0.4, -0.2) is 84.5 Å². The number of nitrogens with one attached hydrogen (secondary N) is 1. The fraction of sp³-hybridized carbons (Fsp3) is 0.944. The van der Waals surface area contributed by atoms with Crippen LogP contribution in [0.25, 0.3) is 0 Å². The van der Waals surface area contributed by atoms with Crippen LogP contribution in [0.1, 0.15) is 46.0 Å². The van der Waals surface area contributed by atoms with Crippen molar-refractivity contribution >= 4 is 30.7 Å². The van der Waals surface area contributed by atoms with Crippen molar-refractivity contribution in [3.63, 3.8) is 0 Å². The lowest BCUT2D eigenvalue weighted by molar-refractivity contribution is -0.133. The lowest BCUT2D eigenvalue weighted by atomic mass is 10.1. The number of rotatable bonds is 5. The molecule has 0 aliphatic carbocycles. The zero-order chi connectivity index (χ0) is 16.2. The summed E-state index contributed by atoms with van der Waals surface area (Å²) in [7, 11) is 0. The normalized spacial score (nSPS) is 30.8. The number of piperazine rings is 1. The van der Waals surface area contributed by atoms with E-state index in [-0.39, 0.29) is 24.8 Å². The van der Waals surface area contributed by atoms with E-state index in [0.29, 0.717) is 18.4 Å². The number of carbonyl (C=O) groups is 1. The lowest BCUT2D eigenvalue weighted by Crippen LogP contribution is -2.51. The van der Waals surface area contributed by atoms with Crippen LogP contribution in [0.5, 0.6) is 0 Å². The van der Waals surface area contributed by atoms with E-state index in [1.54, 1.807) is 0 Å². The minimum absolute atomic E-state index is 0. The molecule has 3 fully saturated rings. The number of amides is 1. The number of halogens is 2. The molecular formula is C18H36Cl2N4O. The number of hydrogen-bond donors (Lipinski definition) is 1. The van der Waals surface area contributed by atoms with Crippen LogP contribution in [0.15, 0.2) is 0 Å². The first-order valence-electron chi connectivity index (χ1n) is 9.62. The monoisotopic (exact) mass is 394 g/mol. The quantitative estimate of drug-likeness (QED) is 0.773. The molecule has 0 saturated carbocycles. The van der Waals surface area contributed by atoms with Crippen molar-refractivity contribution < 1.29 is 4.79 Å². The van der Waals surface area contributed by atoms with Gasteiger partial charge in [0.2, 0.25) is 5.91 Å². The molecule has 3 heterocycles. The van der Waals surface area contributed by atoms with Gasteiger partial charge in [-0.15, -0.1) is 24.8 Å². The van der Waals surface area contributed by atoms with E-state index in [0.717, 1.165) is 57.8 Å². The first kappa shape index (κ1) is 23.0. The molecule has 3 unspecified atom stereocenters. The molecule has 1 amide bonds. The fourth-order valence-corrected chi connectivity index (χ4v) is 4.44. The van der Waals surface area contributed by atoms with Crippen molar-refractivity contribution in [2.24, 2.45) is 0 Å². The average molecular weight is 395 g/mol. The molecule has 0 bridgehead atoms. The summed E-state index contributed by atoms with van der Waals surface area (Å²) in [6.45, 7) is 12.0. The van der Waals surface area contributed by atoms with E-state index < -0.39 is 0 Å². The Bertz CT molecular complexity index is 389. The van der Waals surface area contributed by atoms with Crippen LogP contribution in [0, 0.1) is 0 Å². The molecule has 3 saturated heterocycles. The Labute approximate surface area is 165 Å². The predicted molar refractivity (Wildman–Crippen MR) is 108 cm³/mol.